The normalized spacial score (nSPS) is 11.2. The maximum absolute atomic E-state index is 15.1. The van der Waals surface area contributed by atoms with Crippen LogP contribution in [0.4, 0.5) is 8.78 Å². The van der Waals surface area contributed by atoms with Gasteiger partial charge in [-0.1, -0.05) is 68.7 Å². The highest BCUT2D eigenvalue weighted by atomic mass is 19.1. The number of fused-ring (bicyclic) bond motifs is 1. The number of ether oxygens (including phenoxy) is 1. The fourth-order valence-electron chi connectivity index (χ4n) is 4.30. The zero-order chi connectivity index (χ0) is 24.5. The molecule has 0 aliphatic heterocycles. The zero-order valence-electron chi connectivity index (χ0n) is 20.4. The second-order valence-corrected chi connectivity index (χ2v) is 9.11. The highest BCUT2D eigenvalue weighted by Gasteiger charge is 2.09. The topological polar surface area (TPSA) is 22.1 Å². The monoisotopic (exact) mass is 473 g/mol. The number of rotatable bonds is 12. The molecule has 0 amide bonds. The van der Waals surface area contributed by atoms with E-state index in [1.54, 1.807) is 18.3 Å². The molecule has 0 saturated carbocycles. The Morgan fingerprint density at radius 3 is 2.31 bits per heavy atom. The van der Waals surface area contributed by atoms with Crippen LogP contribution in [0.3, 0.4) is 0 Å². The smallest absolute Gasteiger partial charge is 0.137 e. The van der Waals surface area contributed by atoms with Crippen molar-refractivity contribution in [1.82, 2.24) is 4.98 Å². The number of aryl methyl sites for hydroxylation is 4. The van der Waals surface area contributed by atoms with Crippen LogP contribution < -0.4 is 4.74 Å². The molecule has 0 N–H and O–H groups in total. The van der Waals surface area contributed by atoms with Crippen LogP contribution in [0.1, 0.15) is 55.0 Å². The first-order chi connectivity index (χ1) is 17.1. The highest BCUT2D eigenvalue weighted by molar-refractivity contribution is 5.84. The molecule has 0 spiro atoms. The summed E-state index contributed by atoms with van der Waals surface area (Å²) >= 11 is 0. The van der Waals surface area contributed by atoms with Crippen molar-refractivity contribution in [3.05, 3.63) is 107 Å². The predicted molar refractivity (Wildman–Crippen MR) is 139 cm³/mol. The number of halogens is 2. The van der Waals surface area contributed by atoms with Gasteiger partial charge in [-0.05, 0) is 78.4 Å². The van der Waals surface area contributed by atoms with Gasteiger partial charge in [0.1, 0.15) is 17.4 Å². The fourth-order valence-corrected chi connectivity index (χ4v) is 4.30. The number of hydrogen-bond donors (Lipinski definition) is 0. The summed E-state index contributed by atoms with van der Waals surface area (Å²) < 4.78 is 34.0. The van der Waals surface area contributed by atoms with Crippen molar-refractivity contribution in [3.8, 4) is 5.75 Å². The first-order valence-electron chi connectivity index (χ1n) is 12.6. The Balaban J connectivity index is 1.32. The SMILES string of the molecule is CCCCCCOc1ccc(CCc2ccc3c(F)c(CCc4ccc(F)cc4)ccc3c2)nc1. The fraction of sp³-hybridized carbons (Fsp3) is 0.323. The number of nitrogens with zero attached hydrogens (tertiary/aromatic N) is 1. The van der Waals surface area contributed by atoms with Crippen molar-refractivity contribution in [3.63, 3.8) is 0 Å². The van der Waals surface area contributed by atoms with Gasteiger partial charge in [-0.25, -0.2) is 8.78 Å². The maximum Gasteiger partial charge on any atom is 0.137 e. The number of benzene rings is 3. The van der Waals surface area contributed by atoms with E-state index >= 15 is 4.39 Å². The second-order valence-electron chi connectivity index (χ2n) is 9.11. The third kappa shape index (κ3) is 7.11. The molecule has 0 unspecified atom stereocenters. The summed E-state index contributed by atoms with van der Waals surface area (Å²) in [5.41, 5.74) is 3.87. The van der Waals surface area contributed by atoms with Gasteiger partial charge in [0, 0.05) is 11.1 Å². The first-order valence-corrected chi connectivity index (χ1v) is 12.6. The van der Waals surface area contributed by atoms with E-state index in [0.29, 0.717) is 23.8 Å². The Kier molecular flexibility index (Phi) is 8.83. The van der Waals surface area contributed by atoms with Crippen molar-refractivity contribution in [1.29, 1.82) is 0 Å². The Labute approximate surface area is 207 Å². The summed E-state index contributed by atoms with van der Waals surface area (Å²) in [6.07, 6.45) is 9.48. The van der Waals surface area contributed by atoms with E-state index in [1.165, 1.54) is 31.4 Å². The number of pyridine rings is 1. The molecule has 1 aromatic heterocycles. The molecule has 0 saturated heterocycles. The summed E-state index contributed by atoms with van der Waals surface area (Å²) in [6.45, 7) is 2.94. The van der Waals surface area contributed by atoms with Crippen LogP contribution in [0.15, 0.2) is 72.9 Å². The lowest BCUT2D eigenvalue weighted by atomic mass is 9.98. The van der Waals surface area contributed by atoms with Crippen molar-refractivity contribution in [2.45, 2.75) is 58.3 Å². The molecule has 4 rings (SSSR count). The Morgan fingerprint density at radius 1 is 0.743 bits per heavy atom. The summed E-state index contributed by atoms with van der Waals surface area (Å²) in [5, 5.41) is 1.55. The van der Waals surface area contributed by atoms with Crippen molar-refractivity contribution in [2.24, 2.45) is 0 Å². The van der Waals surface area contributed by atoms with Crippen LogP contribution in [-0.4, -0.2) is 11.6 Å². The van der Waals surface area contributed by atoms with Gasteiger partial charge in [0.05, 0.1) is 12.8 Å². The van der Waals surface area contributed by atoms with Gasteiger partial charge in [-0.2, -0.15) is 0 Å². The molecular formula is C31H33F2NO. The summed E-state index contributed by atoms with van der Waals surface area (Å²) in [7, 11) is 0. The van der Waals surface area contributed by atoms with E-state index in [-0.39, 0.29) is 11.6 Å². The summed E-state index contributed by atoms with van der Waals surface area (Å²) in [6, 6.07) is 20.2. The van der Waals surface area contributed by atoms with Crippen molar-refractivity contribution >= 4 is 10.8 Å². The molecular weight excluding hydrogens is 440 g/mol. The molecule has 182 valence electrons. The van der Waals surface area contributed by atoms with Crippen LogP contribution in [-0.2, 0) is 25.7 Å². The van der Waals surface area contributed by atoms with Gasteiger partial charge in [-0.15, -0.1) is 0 Å². The zero-order valence-corrected chi connectivity index (χ0v) is 20.4. The molecule has 4 heteroatoms. The summed E-state index contributed by atoms with van der Waals surface area (Å²) in [5.74, 6) is 0.404. The van der Waals surface area contributed by atoms with Crippen LogP contribution in [0, 0.1) is 11.6 Å². The highest BCUT2D eigenvalue weighted by Crippen LogP contribution is 2.24. The second kappa shape index (κ2) is 12.4. The standard InChI is InChI=1S/C31H33F2NO/c1-2-3-4-5-20-35-29-18-17-28(34-22-29)16-9-24-10-19-30-26(21-24)13-12-25(31(30)33)11-6-23-7-14-27(32)15-8-23/h7-8,10,12-15,17-19,21-22H,2-6,9,11,16,20H2,1H3. The molecule has 0 bridgehead atoms. The minimum Gasteiger partial charge on any atom is -0.492 e. The van der Waals surface area contributed by atoms with Crippen molar-refractivity contribution in [2.75, 3.05) is 6.61 Å². The van der Waals surface area contributed by atoms with Crippen LogP contribution >= 0.6 is 0 Å². The Morgan fingerprint density at radius 2 is 1.54 bits per heavy atom. The lowest BCUT2D eigenvalue weighted by Gasteiger charge is -2.09. The van der Waals surface area contributed by atoms with E-state index in [1.807, 2.05) is 36.4 Å². The minimum absolute atomic E-state index is 0.164. The van der Waals surface area contributed by atoms with E-state index in [0.717, 1.165) is 53.8 Å². The molecule has 1 heterocycles. The molecule has 0 fully saturated rings. The molecule has 0 aliphatic rings. The van der Waals surface area contributed by atoms with Gasteiger partial charge in [0.25, 0.3) is 0 Å². The minimum atomic E-state index is -0.253. The average Bonchev–Trinajstić information content (AvgIpc) is 2.88. The lowest BCUT2D eigenvalue weighted by Crippen LogP contribution is -1.99. The van der Waals surface area contributed by atoms with E-state index in [4.69, 9.17) is 4.74 Å². The van der Waals surface area contributed by atoms with Crippen LogP contribution in [0.5, 0.6) is 5.75 Å². The van der Waals surface area contributed by atoms with Crippen LogP contribution in [0.2, 0.25) is 0 Å². The number of unbranched alkanes of at least 4 members (excludes halogenated alkanes) is 3. The van der Waals surface area contributed by atoms with E-state index < -0.39 is 0 Å². The van der Waals surface area contributed by atoms with E-state index in [2.05, 4.69) is 18.0 Å². The maximum atomic E-state index is 15.1. The predicted octanol–water partition coefficient (Wildman–Crippen LogP) is 8.04. The van der Waals surface area contributed by atoms with Gasteiger partial charge in [0.2, 0.25) is 0 Å². The Hall–Kier alpha value is -3.27. The summed E-state index contributed by atoms with van der Waals surface area (Å²) in [4.78, 5) is 4.54. The molecule has 2 nitrogen and oxygen atoms in total. The van der Waals surface area contributed by atoms with Gasteiger partial charge < -0.3 is 4.74 Å². The van der Waals surface area contributed by atoms with Crippen LogP contribution in [0.25, 0.3) is 10.8 Å². The average molecular weight is 474 g/mol. The van der Waals surface area contributed by atoms with E-state index in [9.17, 15) is 4.39 Å². The quantitative estimate of drug-likeness (QED) is 0.194. The van der Waals surface area contributed by atoms with Gasteiger partial charge in [-0.3, -0.25) is 4.98 Å². The molecule has 0 atom stereocenters. The Bertz CT molecular complexity index is 1220. The number of hydrogen-bond acceptors (Lipinski definition) is 2. The third-order valence-electron chi connectivity index (χ3n) is 6.43. The van der Waals surface area contributed by atoms with Crippen molar-refractivity contribution < 1.29 is 13.5 Å². The largest absolute Gasteiger partial charge is 0.492 e. The van der Waals surface area contributed by atoms with Gasteiger partial charge in [0.15, 0.2) is 0 Å². The molecule has 35 heavy (non-hydrogen) atoms. The third-order valence-corrected chi connectivity index (χ3v) is 6.43. The molecule has 0 radical (unpaired) electrons. The first kappa shape index (κ1) is 24.8. The van der Waals surface area contributed by atoms with Gasteiger partial charge >= 0.3 is 0 Å². The molecule has 3 aromatic carbocycles. The lowest BCUT2D eigenvalue weighted by molar-refractivity contribution is 0.304. The number of aromatic nitrogens is 1. The molecule has 4 aromatic rings. The molecule has 0 aliphatic carbocycles.